The third-order valence-electron chi connectivity index (χ3n) is 7.32. The van der Waals surface area contributed by atoms with Crippen LogP contribution in [0.15, 0.2) is 18.2 Å². The molecule has 0 radical (unpaired) electrons. The van der Waals surface area contributed by atoms with Crippen LogP contribution in [0.5, 0.6) is 11.5 Å². The summed E-state index contributed by atoms with van der Waals surface area (Å²) in [4.78, 5) is 24.2. The van der Waals surface area contributed by atoms with Gasteiger partial charge >= 0.3 is 11.9 Å². The van der Waals surface area contributed by atoms with Gasteiger partial charge in [0.05, 0.1) is 0 Å². The molecule has 4 fully saturated rings. The fourth-order valence-electron chi connectivity index (χ4n) is 5.88. The highest BCUT2D eigenvalue weighted by molar-refractivity contribution is 5.73. The molecule has 0 aliphatic heterocycles. The first-order valence-electron chi connectivity index (χ1n) is 11.1. The quantitative estimate of drug-likeness (QED) is 0.490. The third-order valence-corrected chi connectivity index (χ3v) is 7.32. The Bertz CT molecular complexity index is 755. The maximum atomic E-state index is 12.6. The summed E-state index contributed by atoms with van der Waals surface area (Å²) in [5.74, 6) is 3.02. The number of hydrogen-bond donors (Lipinski definition) is 0. The molecular weight excluding hydrogens is 368 g/mol. The average molecular weight is 401 g/mol. The number of ether oxygens (including phenoxy) is 3. The Balaban J connectivity index is 1.38. The molecule has 4 aliphatic rings. The summed E-state index contributed by atoms with van der Waals surface area (Å²) in [7, 11) is 0. The van der Waals surface area contributed by atoms with Gasteiger partial charge in [0.2, 0.25) is 0 Å². The van der Waals surface area contributed by atoms with E-state index in [0.717, 1.165) is 23.8 Å². The van der Waals surface area contributed by atoms with E-state index in [1.54, 1.807) is 13.0 Å². The number of carbonyl (C=O) groups is 2. The van der Waals surface area contributed by atoms with Gasteiger partial charge in [-0.2, -0.15) is 0 Å². The van der Waals surface area contributed by atoms with Gasteiger partial charge in [0, 0.05) is 12.5 Å². The topological polar surface area (TPSA) is 61.8 Å². The lowest BCUT2D eigenvalue weighted by atomic mass is 9.50. The Morgan fingerprint density at radius 1 is 0.931 bits per heavy atom. The van der Waals surface area contributed by atoms with Gasteiger partial charge in [-0.3, -0.25) is 4.79 Å². The molecule has 0 atom stereocenters. The van der Waals surface area contributed by atoms with E-state index in [2.05, 4.69) is 6.92 Å². The molecule has 0 amide bonds. The van der Waals surface area contributed by atoms with Gasteiger partial charge in [0.1, 0.15) is 17.1 Å². The van der Waals surface area contributed by atoms with Crippen molar-refractivity contribution in [2.45, 2.75) is 71.3 Å². The molecule has 0 heterocycles. The van der Waals surface area contributed by atoms with Gasteiger partial charge in [-0.05, 0) is 86.8 Å². The molecule has 0 N–H and O–H groups in total. The molecule has 4 bridgehead atoms. The molecule has 0 aromatic heterocycles. The number of carbonyl (C=O) groups excluding carboxylic acids is 2. The minimum absolute atomic E-state index is 0.129. The molecule has 0 saturated heterocycles. The first-order valence-corrected chi connectivity index (χ1v) is 11.1. The van der Waals surface area contributed by atoms with Crippen LogP contribution in [0.1, 0.15) is 64.9 Å². The summed E-state index contributed by atoms with van der Waals surface area (Å²) in [6.45, 7) is 5.78. The van der Waals surface area contributed by atoms with Crippen LogP contribution in [0.25, 0.3) is 0 Å². The summed E-state index contributed by atoms with van der Waals surface area (Å²) in [5.41, 5.74) is 0.642. The maximum Gasteiger partial charge on any atom is 0.344 e. The smallest absolute Gasteiger partial charge is 0.344 e. The molecule has 5 heteroatoms. The molecule has 4 saturated carbocycles. The zero-order valence-electron chi connectivity index (χ0n) is 17.7. The standard InChI is InChI=1S/C24H32O5/c1-4-15-11-20(13-21(12-15)28-22(25)5-2)27-14-23(26)29-24(3)18-7-16-6-17(9-18)10-19(24)8-16/h11-13,16-19H,4-10,14H2,1-3H3. The summed E-state index contributed by atoms with van der Waals surface area (Å²) >= 11 is 0. The Morgan fingerprint density at radius 2 is 1.55 bits per heavy atom. The van der Waals surface area contributed by atoms with Crippen molar-refractivity contribution in [1.82, 2.24) is 0 Å². The van der Waals surface area contributed by atoms with E-state index in [9.17, 15) is 9.59 Å². The van der Waals surface area contributed by atoms with Gasteiger partial charge in [-0.25, -0.2) is 4.79 Å². The normalized spacial score (nSPS) is 32.1. The Kier molecular flexibility index (Phi) is 5.58. The molecule has 1 aromatic rings. The molecule has 29 heavy (non-hydrogen) atoms. The number of aryl methyl sites for hydroxylation is 1. The van der Waals surface area contributed by atoms with Crippen LogP contribution in [-0.2, 0) is 20.7 Å². The van der Waals surface area contributed by atoms with E-state index in [4.69, 9.17) is 14.2 Å². The molecule has 5 nitrogen and oxygen atoms in total. The van der Waals surface area contributed by atoms with Crippen LogP contribution < -0.4 is 9.47 Å². The highest BCUT2D eigenvalue weighted by Crippen LogP contribution is 2.59. The predicted molar refractivity (Wildman–Crippen MR) is 109 cm³/mol. The summed E-state index contributed by atoms with van der Waals surface area (Å²) < 4.78 is 17.1. The molecule has 0 unspecified atom stereocenters. The van der Waals surface area contributed by atoms with E-state index in [-0.39, 0.29) is 24.1 Å². The first-order chi connectivity index (χ1) is 13.9. The van der Waals surface area contributed by atoms with E-state index < -0.39 is 0 Å². The minimum atomic E-state index is -0.346. The Morgan fingerprint density at radius 3 is 2.14 bits per heavy atom. The van der Waals surface area contributed by atoms with E-state index in [1.807, 2.05) is 19.1 Å². The molecule has 4 aliphatic carbocycles. The predicted octanol–water partition coefficient (Wildman–Crippen LogP) is 4.70. The zero-order chi connectivity index (χ0) is 20.6. The second-order valence-electron chi connectivity index (χ2n) is 9.24. The van der Waals surface area contributed by atoms with Crippen LogP contribution >= 0.6 is 0 Å². The van der Waals surface area contributed by atoms with Crippen molar-refractivity contribution in [3.05, 3.63) is 23.8 Å². The lowest BCUT2D eigenvalue weighted by Crippen LogP contribution is -2.58. The van der Waals surface area contributed by atoms with Gasteiger partial charge in [0.15, 0.2) is 6.61 Å². The average Bonchev–Trinajstić information content (AvgIpc) is 2.70. The molecule has 1 aromatic carbocycles. The maximum absolute atomic E-state index is 12.6. The number of benzene rings is 1. The number of hydrogen-bond acceptors (Lipinski definition) is 5. The monoisotopic (exact) mass is 400 g/mol. The molecule has 158 valence electrons. The number of rotatable bonds is 7. The van der Waals surface area contributed by atoms with Gasteiger partial charge in [-0.15, -0.1) is 0 Å². The van der Waals surface area contributed by atoms with Crippen LogP contribution in [-0.4, -0.2) is 24.1 Å². The summed E-state index contributed by atoms with van der Waals surface area (Å²) in [6.07, 6.45) is 7.25. The fourth-order valence-corrected chi connectivity index (χ4v) is 5.88. The zero-order valence-corrected chi connectivity index (χ0v) is 17.7. The van der Waals surface area contributed by atoms with Gasteiger partial charge in [0.25, 0.3) is 0 Å². The first kappa shape index (κ1) is 20.2. The summed E-state index contributed by atoms with van der Waals surface area (Å²) in [6, 6.07) is 5.36. The largest absolute Gasteiger partial charge is 0.482 e. The van der Waals surface area contributed by atoms with Crippen molar-refractivity contribution in [1.29, 1.82) is 0 Å². The van der Waals surface area contributed by atoms with Crippen molar-refractivity contribution in [2.75, 3.05) is 6.61 Å². The van der Waals surface area contributed by atoms with E-state index >= 15 is 0 Å². The fraction of sp³-hybridized carbons (Fsp3) is 0.667. The van der Waals surface area contributed by atoms with Gasteiger partial charge < -0.3 is 14.2 Å². The van der Waals surface area contributed by atoms with Crippen LogP contribution in [0, 0.1) is 23.7 Å². The Hall–Kier alpha value is -2.04. The Labute approximate surface area is 173 Å². The highest BCUT2D eigenvalue weighted by atomic mass is 16.6. The van der Waals surface area contributed by atoms with Crippen molar-refractivity contribution in [2.24, 2.45) is 23.7 Å². The van der Waals surface area contributed by atoms with Crippen LogP contribution in [0.4, 0.5) is 0 Å². The molecular formula is C24H32O5. The van der Waals surface area contributed by atoms with E-state index in [0.29, 0.717) is 29.8 Å². The lowest BCUT2D eigenvalue weighted by Gasteiger charge is -2.59. The molecule has 0 spiro atoms. The van der Waals surface area contributed by atoms with Gasteiger partial charge in [-0.1, -0.05) is 13.8 Å². The van der Waals surface area contributed by atoms with Crippen molar-refractivity contribution in [3.63, 3.8) is 0 Å². The second-order valence-corrected chi connectivity index (χ2v) is 9.24. The van der Waals surface area contributed by atoms with Crippen molar-refractivity contribution in [3.8, 4) is 11.5 Å². The van der Waals surface area contributed by atoms with Crippen LogP contribution in [0.3, 0.4) is 0 Å². The highest BCUT2D eigenvalue weighted by Gasteiger charge is 2.57. The SMILES string of the molecule is CCC(=O)Oc1cc(CC)cc(OCC(=O)OC2(C)C3CC4CC(C3)CC2C4)c1. The van der Waals surface area contributed by atoms with Crippen molar-refractivity contribution < 1.29 is 23.8 Å². The third kappa shape index (κ3) is 4.15. The summed E-state index contributed by atoms with van der Waals surface area (Å²) in [5, 5.41) is 0. The lowest BCUT2D eigenvalue weighted by molar-refractivity contribution is -0.204. The van der Waals surface area contributed by atoms with Crippen LogP contribution in [0.2, 0.25) is 0 Å². The molecule has 5 rings (SSSR count). The van der Waals surface area contributed by atoms with E-state index in [1.165, 1.54) is 32.1 Å². The minimum Gasteiger partial charge on any atom is -0.482 e. The second kappa shape index (κ2) is 8.00. The van der Waals surface area contributed by atoms with Crippen molar-refractivity contribution >= 4 is 11.9 Å². The number of esters is 2.